The first-order valence-corrected chi connectivity index (χ1v) is 8.35. The lowest BCUT2D eigenvalue weighted by atomic mass is 10.0. The van der Waals surface area contributed by atoms with E-state index in [4.69, 9.17) is 5.73 Å². The Hall–Kier alpha value is -1.16. The van der Waals surface area contributed by atoms with Gasteiger partial charge in [-0.15, -0.1) is 0 Å². The van der Waals surface area contributed by atoms with E-state index in [0.717, 1.165) is 11.0 Å². The van der Waals surface area contributed by atoms with Crippen LogP contribution in [0.25, 0.3) is 0 Å². The van der Waals surface area contributed by atoms with Crippen LogP contribution in [0, 0.1) is 0 Å². The zero-order chi connectivity index (χ0) is 14.7. The molecule has 0 radical (unpaired) electrons. The Bertz CT molecular complexity index is 568. The summed E-state index contributed by atoms with van der Waals surface area (Å²) < 4.78 is 1.11. The minimum absolute atomic E-state index is 0.297. The minimum Gasteiger partial charge on any atom is -0.329 e. The van der Waals surface area contributed by atoms with Gasteiger partial charge in [-0.05, 0) is 42.6 Å². The molecule has 110 valence electrons. The van der Waals surface area contributed by atoms with Gasteiger partial charge < -0.3 is 5.73 Å². The zero-order valence-corrected chi connectivity index (χ0v) is 13.7. The maximum absolute atomic E-state index is 6.11. The van der Waals surface area contributed by atoms with Crippen LogP contribution in [0.15, 0.2) is 59.1 Å². The molecular weight excluding hydrogens is 324 g/mol. The third-order valence-corrected chi connectivity index (χ3v) is 4.89. The van der Waals surface area contributed by atoms with Crippen molar-refractivity contribution in [2.24, 2.45) is 5.73 Å². The van der Waals surface area contributed by atoms with Gasteiger partial charge in [0.1, 0.15) is 0 Å². The molecule has 1 saturated heterocycles. The van der Waals surface area contributed by atoms with E-state index in [-0.39, 0.29) is 0 Å². The third kappa shape index (κ3) is 3.20. The molecule has 0 amide bonds. The summed E-state index contributed by atoms with van der Waals surface area (Å²) in [6.07, 6.45) is 2.46. The molecular formula is C18H21BrN2. The van der Waals surface area contributed by atoms with Crippen molar-refractivity contribution >= 4 is 15.9 Å². The second kappa shape index (κ2) is 6.73. The predicted octanol–water partition coefficient (Wildman–Crippen LogP) is 4.29. The van der Waals surface area contributed by atoms with E-state index >= 15 is 0 Å². The molecule has 2 N–H and O–H groups in total. The van der Waals surface area contributed by atoms with Crippen molar-refractivity contribution in [1.82, 2.24) is 4.90 Å². The molecule has 2 unspecified atom stereocenters. The fourth-order valence-electron chi connectivity index (χ4n) is 3.34. The smallest absolute Gasteiger partial charge is 0.0476 e. The minimum atomic E-state index is 0.297. The van der Waals surface area contributed by atoms with Crippen LogP contribution in [-0.2, 0) is 0 Å². The van der Waals surface area contributed by atoms with Crippen LogP contribution in [-0.4, -0.2) is 18.0 Å². The van der Waals surface area contributed by atoms with Crippen LogP contribution in [0.4, 0.5) is 0 Å². The van der Waals surface area contributed by atoms with Crippen molar-refractivity contribution in [3.63, 3.8) is 0 Å². The molecule has 1 heterocycles. The molecule has 2 nitrogen and oxygen atoms in total. The Labute approximate surface area is 135 Å². The van der Waals surface area contributed by atoms with Crippen LogP contribution in [0.3, 0.4) is 0 Å². The van der Waals surface area contributed by atoms with Crippen LogP contribution in [0.2, 0.25) is 0 Å². The Morgan fingerprint density at radius 1 is 1.10 bits per heavy atom. The maximum atomic E-state index is 6.11. The van der Waals surface area contributed by atoms with E-state index in [0.29, 0.717) is 18.6 Å². The Morgan fingerprint density at radius 3 is 2.48 bits per heavy atom. The molecule has 0 saturated carbocycles. The number of halogens is 1. The average molecular weight is 345 g/mol. The summed E-state index contributed by atoms with van der Waals surface area (Å²) >= 11 is 3.50. The number of hydrogen-bond donors (Lipinski definition) is 1. The largest absolute Gasteiger partial charge is 0.329 e. The summed E-state index contributed by atoms with van der Waals surface area (Å²) in [6.45, 7) is 1.78. The SMILES string of the molecule is NCC(c1ccc(Br)cc1)N1CCCC1c1ccccc1. The van der Waals surface area contributed by atoms with Crippen molar-refractivity contribution in [2.45, 2.75) is 24.9 Å². The fraction of sp³-hybridized carbons (Fsp3) is 0.333. The fourth-order valence-corrected chi connectivity index (χ4v) is 3.61. The van der Waals surface area contributed by atoms with Gasteiger partial charge in [0.15, 0.2) is 0 Å². The molecule has 3 heteroatoms. The average Bonchev–Trinajstić information content (AvgIpc) is 3.00. The zero-order valence-electron chi connectivity index (χ0n) is 12.1. The third-order valence-electron chi connectivity index (χ3n) is 4.36. The van der Waals surface area contributed by atoms with Crippen molar-refractivity contribution in [2.75, 3.05) is 13.1 Å². The monoisotopic (exact) mass is 344 g/mol. The Morgan fingerprint density at radius 2 is 1.81 bits per heavy atom. The van der Waals surface area contributed by atoms with Gasteiger partial charge in [0, 0.05) is 23.1 Å². The number of hydrogen-bond acceptors (Lipinski definition) is 2. The highest BCUT2D eigenvalue weighted by atomic mass is 79.9. The molecule has 0 aromatic heterocycles. The molecule has 0 spiro atoms. The molecule has 0 bridgehead atoms. The molecule has 21 heavy (non-hydrogen) atoms. The highest BCUT2D eigenvalue weighted by molar-refractivity contribution is 9.10. The van der Waals surface area contributed by atoms with E-state index < -0.39 is 0 Å². The molecule has 1 fully saturated rings. The second-order valence-electron chi connectivity index (χ2n) is 5.61. The number of nitrogens with zero attached hydrogens (tertiary/aromatic N) is 1. The summed E-state index contributed by atoms with van der Waals surface area (Å²) in [5.74, 6) is 0. The van der Waals surface area contributed by atoms with Crippen LogP contribution < -0.4 is 5.73 Å². The van der Waals surface area contributed by atoms with Crippen molar-refractivity contribution in [3.8, 4) is 0 Å². The van der Waals surface area contributed by atoms with Gasteiger partial charge in [-0.2, -0.15) is 0 Å². The summed E-state index contributed by atoms with van der Waals surface area (Å²) in [6, 6.07) is 20.2. The lowest BCUT2D eigenvalue weighted by Gasteiger charge is -2.33. The van der Waals surface area contributed by atoms with E-state index in [9.17, 15) is 0 Å². The summed E-state index contributed by atoms with van der Waals surface area (Å²) in [4.78, 5) is 2.57. The molecule has 3 rings (SSSR count). The highest BCUT2D eigenvalue weighted by Crippen LogP contribution is 2.38. The first-order valence-electron chi connectivity index (χ1n) is 7.56. The number of benzene rings is 2. The quantitative estimate of drug-likeness (QED) is 0.896. The van der Waals surface area contributed by atoms with E-state index in [1.165, 1.54) is 24.0 Å². The molecule has 2 aromatic carbocycles. The molecule has 2 aromatic rings. The van der Waals surface area contributed by atoms with Gasteiger partial charge >= 0.3 is 0 Å². The van der Waals surface area contributed by atoms with Crippen molar-refractivity contribution < 1.29 is 0 Å². The van der Waals surface area contributed by atoms with Crippen LogP contribution >= 0.6 is 15.9 Å². The first kappa shape index (κ1) is 14.8. The number of nitrogens with two attached hydrogens (primary N) is 1. The topological polar surface area (TPSA) is 29.3 Å². The van der Waals surface area contributed by atoms with Crippen molar-refractivity contribution in [1.29, 1.82) is 0 Å². The summed E-state index contributed by atoms with van der Waals surface area (Å²) in [5, 5.41) is 0. The standard InChI is InChI=1S/C18H21BrN2/c19-16-10-8-15(9-11-16)18(13-20)21-12-4-7-17(21)14-5-2-1-3-6-14/h1-3,5-6,8-11,17-18H,4,7,12-13,20H2. The van der Waals surface area contributed by atoms with Gasteiger partial charge in [0.25, 0.3) is 0 Å². The van der Waals surface area contributed by atoms with Gasteiger partial charge in [0.2, 0.25) is 0 Å². The first-order chi connectivity index (χ1) is 10.3. The van der Waals surface area contributed by atoms with E-state index in [2.05, 4.69) is 75.4 Å². The molecule has 2 atom stereocenters. The highest BCUT2D eigenvalue weighted by Gasteiger charge is 2.31. The number of rotatable bonds is 4. The van der Waals surface area contributed by atoms with Crippen LogP contribution in [0.1, 0.15) is 36.1 Å². The maximum Gasteiger partial charge on any atom is 0.0476 e. The number of likely N-dealkylation sites (tertiary alicyclic amines) is 1. The van der Waals surface area contributed by atoms with Gasteiger partial charge in [-0.3, -0.25) is 4.90 Å². The van der Waals surface area contributed by atoms with Gasteiger partial charge in [0.05, 0.1) is 0 Å². The molecule has 1 aliphatic heterocycles. The van der Waals surface area contributed by atoms with Crippen LogP contribution in [0.5, 0.6) is 0 Å². The molecule has 1 aliphatic rings. The Balaban J connectivity index is 1.87. The predicted molar refractivity (Wildman–Crippen MR) is 91.1 cm³/mol. The summed E-state index contributed by atoms with van der Waals surface area (Å²) in [7, 11) is 0. The lowest BCUT2D eigenvalue weighted by Crippen LogP contribution is -2.33. The van der Waals surface area contributed by atoms with Gasteiger partial charge in [-0.25, -0.2) is 0 Å². The molecule has 0 aliphatic carbocycles. The van der Waals surface area contributed by atoms with E-state index in [1.54, 1.807) is 0 Å². The Kier molecular flexibility index (Phi) is 4.73. The normalized spacial score (nSPS) is 20.6. The van der Waals surface area contributed by atoms with E-state index in [1.807, 2.05) is 0 Å². The van der Waals surface area contributed by atoms with Crippen molar-refractivity contribution in [3.05, 3.63) is 70.2 Å². The van der Waals surface area contributed by atoms with Gasteiger partial charge in [-0.1, -0.05) is 58.4 Å². The second-order valence-corrected chi connectivity index (χ2v) is 6.53. The lowest BCUT2D eigenvalue weighted by molar-refractivity contribution is 0.185. The summed E-state index contributed by atoms with van der Waals surface area (Å²) in [5.41, 5.74) is 8.83.